The molecule has 0 spiro atoms. The summed E-state index contributed by atoms with van der Waals surface area (Å²) in [6.07, 6.45) is 3.36. The minimum atomic E-state index is 0.390. The highest BCUT2D eigenvalue weighted by Gasteiger charge is 2.14. The number of rotatable bonds is 2. The van der Waals surface area contributed by atoms with Gasteiger partial charge in [-0.25, -0.2) is 4.98 Å². The van der Waals surface area contributed by atoms with E-state index in [2.05, 4.69) is 31.1 Å². The third-order valence-corrected chi connectivity index (χ3v) is 3.21. The van der Waals surface area contributed by atoms with E-state index < -0.39 is 0 Å². The first-order valence-corrected chi connectivity index (χ1v) is 6.30. The molecule has 2 heterocycles. The van der Waals surface area contributed by atoms with Gasteiger partial charge >= 0.3 is 0 Å². The van der Waals surface area contributed by atoms with Crippen molar-refractivity contribution < 1.29 is 4.52 Å². The van der Waals surface area contributed by atoms with Crippen molar-refractivity contribution in [3.63, 3.8) is 0 Å². The van der Waals surface area contributed by atoms with Gasteiger partial charge in [-0.1, -0.05) is 21.1 Å². The number of hydrogen-bond donors (Lipinski definition) is 1. The fraction of sp³-hybridized carbons (Fsp3) is 0.0833. The Morgan fingerprint density at radius 3 is 2.89 bits per heavy atom. The first-order chi connectivity index (χ1) is 9.15. The molecule has 6 nitrogen and oxygen atoms in total. The number of benzene rings is 1. The van der Waals surface area contributed by atoms with Crippen LogP contribution in [0.25, 0.3) is 23.0 Å². The summed E-state index contributed by atoms with van der Waals surface area (Å²) in [6.45, 7) is 0. The molecule has 0 atom stereocenters. The van der Waals surface area contributed by atoms with E-state index in [0.29, 0.717) is 23.0 Å². The van der Waals surface area contributed by atoms with Crippen LogP contribution < -0.4 is 5.73 Å². The van der Waals surface area contributed by atoms with Crippen molar-refractivity contribution in [1.82, 2.24) is 19.7 Å². The van der Waals surface area contributed by atoms with Crippen molar-refractivity contribution in [1.29, 1.82) is 0 Å². The highest BCUT2D eigenvalue weighted by molar-refractivity contribution is 9.10. The lowest BCUT2D eigenvalue weighted by molar-refractivity contribution is 0.432. The van der Waals surface area contributed by atoms with E-state index in [-0.39, 0.29) is 0 Å². The molecule has 3 aromatic rings. The number of anilines is 1. The van der Waals surface area contributed by atoms with Gasteiger partial charge in [0.2, 0.25) is 5.82 Å². The molecule has 0 aliphatic carbocycles. The third kappa shape index (κ3) is 2.12. The van der Waals surface area contributed by atoms with Gasteiger partial charge in [0.15, 0.2) is 0 Å². The molecule has 96 valence electrons. The molecule has 0 unspecified atom stereocenters. The van der Waals surface area contributed by atoms with Crippen LogP contribution in [-0.2, 0) is 7.05 Å². The smallest absolute Gasteiger partial charge is 0.260 e. The second-order valence-corrected chi connectivity index (χ2v) is 4.96. The SMILES string of the molecule is Cn1cncc1-c1noc(-c2ccc(Br)cc2N)n1. The molecular weight excluding hydrogens is 310 g/mol. The first-order valence-electron chi connectivity index (χ1n) is 5.51. The Kier molecular flexibility index (Phi) is 2.83. The number of aryl methyl sites for hydroxylation is 1. The number of imidazole rings is 1. The van der Waals surface area contributed by atoms with Crippen LogP contribution in [0.5, 0.6) is 0 Å². The van der Waals surface area contributed by atoms with Crippen LogP contribution in [0.2, 0.25) is 0 Å². The summed E-state index contributed by atoms with van der Waals surface area (Å²) >= 11 is 3.36. The molecule has 3 rings (SSSR count). The molecule has 0 bridgehead atoms. The largest absolute Gasteiger partial charge is 0.398 e. The van der Waals surface area contributed by atoms with Gasteiger partial charge in [0.1, 0.15) is 5.69 Å². The summed E-state index contributed by atoms with van der Waals surface area (Å²) in [6, 6.07) is 5.50. The van der Waals surface area contributed by atoms with Crippen LogP contribution in [-0.4, -0.2) is 19.7 Å². The molecular formula is C12H10BrN5O. The Hall–Kier alpha value is -2.15. The van der Waals surface area contributed by atoms with Gasteiger partial charge in [0.25, 0.3) is 5.89 Å². The number of nitrogens with two attached hydrogens (primary N) is 1. The van der Waals surface area contributed by atoms with Crippen molar-refractivity contribution in [3.05, 3.63) is 35.2 Å². The quantitative estimate of drug-likeness (QED) is 0.734. The normalized spacial score (nSPS) is 10.8. The Morgan fingerprint density at radius 2 is 2.21 bits per heavy atom. The highest BCUT2D eigenvalue weighted by atomic mass is 79.9. The van der Waals surface area contributed by atoms with Crippen LogP contribution in [0.1, 0.15) is 0 Å². The molecule has 19 heavy (non-hydrogen) atoms. The first kappa shape index (κ1) is 11.9. The van der Waals surface area contributed by atoms with Crippen molar-refractivity contribution in [2.75, 3.05) is 5.73 Å². The van der Waals surface area contributed by atoms with Crippen LogP contribution >= 0.6 is 15.9 Å². The van der Waals surface area contributed by atoms with Crippen molar-refractivity contribution in [2.24, 2.45) is 7.05 Å². The van der Waals surface area contributed by atoms with E-state index in [1.54, 1.807) is 18.6 Å². The summed E-state index contributed by atoms with van der Waals surface area (Å²) < 4.78 is 7.97. The Bertz CT molecular complexity index is 733. The van der Waals surface area contributed by atoms with E-state index >= 15 is 0 Å². The van der Waals surface area contributed by atoms with E-state index in [9.17, 15) is 0 Å². The average Bonchev–Trinajstić information content (AvgIpc) is 2.97. The average molecular weight is 320 g/mol. The number of hydrogen-bond acceptors (Lipinski definition) is 5. The standard InChI is InChI=1S/C12H10BrN5O/c1-18-6-15-5-10(18)11-16-12(19-17-11)8-3-2-7(13)4-9(8)14/h2-6H,14H2,1H3. The van der Waals surface area contributed by atoms with Gasteiger partial charge in [0.05, 0.1) is 18.1 Å². The van der Waals surface area contributed by atoms with Crippen LogP contribution in [0.4, 0.5) is 5.69 Å². The predicted octanol–water partition coefficient (Wildman–Crippen LogP) is 2.48. The van der Waals surface area contributed by atoms with E-state index in [1.807, 2.05) is 23.7 Å². The Labute approximate surface area is 117 Å². The molecule has 0 saturated heterocycles. The maximum absolute atomic E-state index is 5.94. The van der Waals surface area contributed by atoms with Crippen LogP contribution in [0.3, 0.4) is 0 Å². The summed E-state index contributed by atoms with van der Waals surface area (Å²) in [5, 5.41) is 3.95. The van der Waals surface area contributed by atoms with Crippen molar-refractivity contribution in [3.8, 4) is 23.0 Å². The molecule has 0 amide bonds. The maximum Gasteiger partial charge on any atom is 0.260 e. The molecule has 0 radical (unpaired) electrons. The summed E-state index contributed by atoms with van der Waals surface area (Å²) in [5.74, 6) is 0.874. The third-order valence-electron chi connectivity index (χ3n) is 2.72. The lowest BCUT2D eigenvalue weighted by atomic mass is 10.2. The molecule has 0 fully saturated rings. The fourth-order valence-electron chi connectivity index (χ4n) is 1.74. The molecule has 2 aromatic heterocycles. The zero-order valence-corrected chi connectivity index (χ0v) is 11.6. The van der Waals surface area contributed by atoms with Crippen LogP contribution in [0.15, 0.2) is 39.7 Å². The maximum atomic E-state index is 5.94. The molecule has 7 heteroatoms. The van der Waals surface area contributed by atoms with Gasteiger partial charge in [-0.3, -0.25) is 0 Å². The second-order valence-electron chi connectivity index (χ2n) is 4.04. The summed E-state index contributed by atoms with van der Waals surface area (Å²) in [7, 11) is 1.87. The van der Waals surface area contributed by atoms with Gasteiger partial charge in [-0.15, -0.1) is 0 Å². The van der Waals surface area contributed by atoms with Gasteiger partial charge in [-0.05, 0) is 18.2 Å². The minimum Gasteiger partial charge on any atom is -0.398 e. The van der Waals surface area contributed by atoms with Gasteiger partial charge in [0, 0.05) is 17.2 Å². The summed E-state index contributed by atoms with van der Waals surface area (Å²) in [4.78, 5) is 8.36. The van der Waals surface area contributed by atoms with E-state index in [4.69, 9.17) is 10.3 Å². The lowest BCUT2D eigenvalue weighted by Crippen LogP contribution is -1.92. The van der Waals surface area contributed by atoms with Gasteiger partial charge < -0.3 is 14.8 Å². The fourth-order valence-corrected chi connectivity index (χ4v) is 2.12. The Morgan fingerprint density at radius 1 is 1.37 bits per heavy atom. The van der Waals surface area contributed by atoms with E-state index in [1.165, 1.54) is 0 Å². The second kappa shape index (κ2) is 4.51. The minimum absolute atomic E-state index is 0.390. The van der Waals surface area contributed by atoms with Crippen LogP contribution in [0, 0.1) is 0 Å². The number of halogens is 1. The van der Waals surface area contributed by atoms with Crippen molar-refractivity contribution >= 4 is 21.6 Å². The topological polar surface area (TPSA) is 82.8 Å². The number of aromatic nitrogens is 4. The molecule has 0 aliphatic heterocycles. The molecule has 1 aromatic carbocycles. The molecule has 2 N–H and O–H groups in total. The number of nitrogen functional groups attached to an aromatic ring is 1. The molecule has 0 aliphatic rings. The summed E-state index contributed by atoms with van der Waals surface area (Å²) in [5.41, 5.74) is 8.01. The lowest BCUT2D eigenvalue weighted by Gasteiger charge is -2.00. The van der Waals surface area contributed by atoms with Crippen molar-refractivity contribution in [2.45, 2.75) is 0 Å². The predicted molar refractivity (Wildman–Crippen MR) is 74.0 cm³/mol. The molecule has 0 saturated carbocycles. The highest BCUT2D eigenvalue weighted by Crippen LogP contribution is 2.28. The van der Waals surface area contributed by atoms with E-state index in [0.717, 1.165) is 10.2 Å². The zero-order valence-electron chi connectivity index (χ0n) is 10.0. The monoisotopic (exact) mass is 319 g/mol. The van der Waals surface area contributed by atoms with Gasteiger partial charge in [-0.2, -0.15) is 4.98 Å². The number of nitrogens with zero attached hydrogens (tertiary/aromatic N) is 4. The Balaban J connectivity index is 2.04. The zero-order chi connectivity index (χ0) is 13.4.